The molecule has 0 saturated carbocycles. The van der Waals surface area contributed by atoms with E-state index in [1.165, 1.54) is 28.5 Å². The van der Waals surface area contributed by atoms with Crippen LogP contribution in [0.3, 0.4) is 0 Å². The zero-order valence-electron chi connectivity index (χ0n) is 18.7. The summed E-state index contributed by atoms with van der Waals surface area (Å²) in [4.78, 5) is 26.3. The number of nitrogens with one attached hydrogen (secondary N) is 1. The summed E-state index contributed by atoms with van der Waals surface area (Å²) in [5.41, 5.74) is 2.35. The maximum atomic E-state index is 14.4. The Labute approximate surface area is 201 Å². The average molecular weight is 479 g/mol. The van der Waals surface area contributed by atoms with Crippen LogP contribution < -0.4 is 15.8 Å². The van der Waals surface area contributed by atoms with Gasteiger partial charge in [-0.3, -0.25) is 9.36 Å². The summed E-state index contributed by atoms with van der Waals surface area (Å²) in [6, 6.07) is 15.7. The molecule has 1 fully saturated rings. The number of aromatic nitrogens is 3. The predicted molar refractivity (Wildman–Crippen MR) is 134 cm³/mol. The first-order valence-corrected chi connectivity index (χ1v) is 11.5. The Bertz CT molecular complexity index is 1360. The van der Waals surface area contributed by atoms with Crippen molar-refractivity contribution in [1.29, 1.82) is 0 Å². The van der Waals surface area contributed by atoms with Crippen LogP contribution in [0.4, 0.5) is 21.7 Å². The predicted octanol–water partition coefficient (Wildman–Crippen LogP) is 4.13. The van der Waals surface area contributed by atoms with E-state index in [4.69, 9.17) is 11.6 Å². The quantitative estimate of drug-likeness (QED) is 0.465. The largest absolute Gasteiger partial charge is 0.369 e. The molecular weight excluding hydrogens is 455 g/mol. The highest BCUT2D eigenvalue weighted by Crippen LogP contribution is 2.23. The van der Waals surface area contributed by atoms with Gasteiger partial charge in [0.25, 0.3) is 5.56 Å². The van der Waals surface area contributed by atoms with E-state index in [0.29, 0.717) is 17.0 Å². The number of anilines is 3. The summed E-state index contributed by atoms with van der Waals surface area (Å²) < 4.78 is 15.8. The molecule has 34 heavy (non-hydrogen) atoms. The highest BCUT2D eigenvalue weighted by atomic mass is 35.5. The van der Waals surface area contributed by atoms with Crippen molar-refractivity contribution in [2.24, 2.45) is 0 Å². The number of hydrogen-bond donors (Lipinski definition) is 1. The standard InChI is InChI=1S/C25H24ClFN6O/c1-31-11-13-32(14-12-31)19-8-6-18(7-9-19)29-25-28-15-17-5-10-23(34)33(24(17)30-25)16-20-21(26)3-2-4-22(20)27/h2-10,15H,11-14,16H2,1H3,(H,28,29,30). The third-order valence-electron chi connectivity index (χ3n) is 6.09. The summed E-state index contributed by atoms with van der Waals surface area (Å²) in [6.45, 7) is 4.06. The van der Waals surface area contributed by atoms with Crippen molar-refractivity contribution >= 4 is 40.0 Å². The SMILES string of the molecule is CN1CCN(c2ccc(Nc3ncc4ccc(=O)n(Cc5c(F)cccc5Cl)c4n3)cc2)CC1. The number of rotatable bonds is 5. The third-order valence-corrected chi connectivity index (χ3v) is 6.45. The lowest BCUT2D eigenvalue weighted by Crippen LogP contribution is -2.44. The molecule has 1 saturated heterocycles. The van der Waals surface area contributed by atoms with E-state index in [1.807, 2.05) is 12.1 Å². The molecule has 1 N–H and O–H groups in total. The van der Waals surface area contributed by atoms with Crippen molar-refractivity contribution in [1.82, 2.24) is 19.4 Å². The second kappa shape index (κ2) is 9.40. The van der Waals surface area contributed by atoms with E-state index in [0.717, 1.165) is 31.9 Å². The zero-order valence-corrected chi connectivity index (χ0v) is 19.5. The first-order valence-electron chi connectivity index (χ1n) is 11.1. The summed E-state index contributed by atoms with van der Waals surface area (Å²) in [6.07, 6.45) is 1.64. The first-order chi connectivity index (χ1) is 16.5. The number of halogens is 2. The van der Waals surface area contributed by atoms with Gasteiger partial charge in [-0.1, -0.05) is 17.7 Å². The Morgan fingerprint density at radius 2 is 1.79 bits per heavy atom. The van der Waals surface area contributed by atoms with E-state index < -0.39 is 5.82 Å². The molecule has 2 aromatic heterocycles. The molecule has 4 aromatic rings. The molecule has 2 aromatic carbocycles. The highest BCUT2D eigenvalue weighted by Gasteiger charge is 2.15. The van der Waals surface area contributed by atoms with E-state index in [9.17, 15) is 9.18 Å². The van der Waals surface area contributed by atoms with Crippen LogP contribution >= 0.6 is 11.6 Å². The van der Waals surface area contributed by atoms with Gasteiger partial charge in [0.1, 0.15) is 11.5 Å². The molecule has 0 amide bonds. The van der Waals surface area contributed by atoms with Gasteiger partial charge in [-0.05, 0) is 49.5 Å². The lowest BCUT2D eigenvalue weighted by Gasteiger charge is -2.34. The van der Waals surface area contributed by atoms with Crippen molar-refractivity contribution in [3.63, 3.8) is 0 Å². The summed E-state index contributed by atoms with van der Waals surface area (Å²) in [5, 5.41) is 4.13. The third kappa shape index (κ3) is 4.60. The molecular formula is C25H24ClFN6O. The molecule has 5 rings (SSSR count). The van der Waals surface area contributed by atoms with Gasteiger partial charge in [-0.2, -0.15) is 4.98 Å². The van der Waals surface area contributed by atoms with Crippen molar-refractivity contribution in [2.45, 2.75) is 6.54 Å². The average Bonchev–Trinajstić information content (AvgIpc) is 2.84. The minimum absolute atomic E-state index is 0.0299. The molecule has 0 aliphatic carbocycles. The number of fused-ring (bicyclic) bond motifs is 1. The van der Waals surface area contributed by atoms with E-state index in [2.05, 4.69) is 44.3 Å². The van der Waals surface area contributed by atoms with Crippen molar-refractivity contribution in [3.8, 4) is 0 Å². The number of hydrogen-bond acceptors (Lipinski definition) is 6. The smallest absolute Gasteiger partial charge is 0.252 e. The molecule has 3 heterocycles. The van der Waals surface area contributed by atoms with Crippen molar-refractivity contribution in [2.75, 3.05) is 43.4 Å². The van der Waals surface area contributed by atoms with Crippen molar-refractivity contribution in [3.05, 3.63) is 87.6 Å². The van der Waals surface area contributed by atoms with Gasteiger partial charge in [0.05, 0.1) is 6.54 Å². The normalized spacial score (nSPS) is 14.5. The maximum Gasteiger partial charge on any atom is 0.252 e. The van der Waals surface area contributed by atoms with Crippen LogP contribution in [0, 0.1) is 5.82 Å². The van der Waals surface area contributed by atoms with Gasteiger partial charge in [-0.25, -0.2) is 9.37 Å². The molecule has 174 valence electrons. The lowest BCUT2D eigenvalue weighted by atomic mass is 10.2. The minimum Gasteiger partial charge on any atom is -0.369 e. The van der Waals surface area contributed by atoms with E-state index >= 15 is 0 Å². The summed E-state index contributed by atoms with van der Waals surface area (Å²) in [5.74, 6) is -0.122. The zero-order chi connectivity index (χ0) is 23.7. The summed E-state index contributed by atoms with van der Waals surface area (Å²) in [7, 11) is 2.14. The molecule has 0 atom stereocenters. The monoisotopic (exact) mass is 478 g/mol. The van der Waals surface area contributed by atoms with Gasteiger partial charge < -0.3 is 15.1 Å². The van der Waals surface area contributed by atoms with Crippen LogP contribution in [0.25, 0.3) is 11.0 Å². The van der Waals surface area contributed by atoms with E-state index in [1.54, 1.807) is 18.3 Å². The van der Waals surface area contributed by atoms with Crippen LogP contribution in [0.2, 0.25) is 5.02 Å². The molecule has 0 bridgehead atoms. The minimum atomic E-state index is -0.468. The Balaban J connectivity index is 1.41. The number of piperazine rings is 1. The number of pyridine rings is 1. The van der Waals surface area contributed by atoms with Crippen LogP contribution in [0.1, 0.15) is 5.56 Å². The fraction of sp³-hybridized carbons (Fsp3) is 0.240. The van der Waals surface area contributed by atoms with Crippen molar-refractivity contribution < 1.29 is 4.39 Å². The van der Waals surface area contributed by atoms with Gasteiger partial charge in [0.2, 0.25) is 5.95 Å². The van der Waals surface area contributed by atoms with Gasteiger partial charge in [0.15, 0.2) is 0 Å². The molecule has 1 aliphatic heterocycles. The highest BCUT2D eigenvalue weighted by molar-refractivity contribution is 6.31. The first kappa shape index (κ1) is 22.3. The molecule has 0 unspecified atom stereocenters. The lowest BCUT2D eigenvalue weighted by molar-refractivity contribution is 0.313. The van der Waals surface area contributed by atoms with Crippen LogP contribution in [-0.2, 0) is 6.54 Å². The van der Waals surface area contributed by atoms with Crippen LogP contribution in [0.15, 0.2) is 65.6 Å². The van der Waals surface area contributed by atoms with Crippen LogP contribution in [-0.4, -0.2) is 52.7 Å². The van der Waals surface area contributed by atoms with E-state index in [-0.39, 0.29) is 22.7 Å². The summed E-state index contributed by atoms with van der Waals surface area (Å²) >= 11 is 6.19. The maximum absolute atomic E-state index is 14.4. The Kier molecular flexibility index (Phi) is 6.17. The topological polar surface area (TPSA) is 66.3 Å². The number of likely N-dealkylation sites (N-methyl/N-ethyl adjacent to an activating group) is 1. The van der Waals surface area contributed by atoms with Gasteiger partial charge in [0, 0.05) is 65.8 Å². The number of nitrogens with zero attached hydrogens (tertiary/aromatic N) is 5. The van der Waals surface area contributed by atoms with Crippen LogP contribution in [0.5, 0.6) is 0 Å². The molecule has 0 spiro atoms. The molecule has 7 nitrogen and oxygen atoms in total. The Hall–Kier alpha value is -3.49. The molecule has 0 radical (unpaired) electrons. The second-order valence-corrected chi connectivity index (χ2v) is 8.80. The van der Waals surface area contributed by atoms with Gasteiger partial charge >= 0.3 is 0 Å². The van der Waals surface area contributed by atoms with Gasteiger partial charge in [-0.15, -0.1) is 0 Å². The number of benzene rings is 2. The Morgan fingerprint density at radius 3 is 2.53 bits per heavy atom. The molecule has 1 aliphatic rings. The fourth-order valence-electron chi connectivity index (χ4n) is 4.08. The molecule has 9 heteroatoms. The Morgan fingerprint density at radius 1 is 1.03 bits per heavy atom. The second-order valence-electron chi connectivity index (χ2n) is 8.39. The fourth-order valence-corrected chi connectivity index (χ4v) is 4.30.